The van der Waals surface area contributed by atoms with Gasteiger partial charge in [-0.05, 0) is 57.4 Å². The van der Waals surface area contributed by atoms with E-state index in [1.54, 1.807) is 27.7 Å². The number of rotatable bonds is 24. The Balaban J connectivity index is 3.23. The minimum absolute atomic E-state index is 0.0365. The summed E-state index contributed by atoms with van der Waals surface area (Å²) in [6, 6.07) is -7.92. The molecule has 0 saturated carbocycles. The van der Waals surface area contributed by atoms with Gasteiger partial charge in [-0.2, -0.15) is 0 Å². The number of amides is 5. The molecule has 5 amide bonds. The number of aliphatic hydroxyl groups is 1. The molecule has 0 fully saturated rings. The smallest absolute Gasteiger partial charge is 0.326 e. The Labute approximate surface area is 296 Å². The first-order valence-corrected chi connectivity index (χ1v) is 16.9. The van der Waals surface area contributed by atoms with Crippen molar-refractivity contribution in [3.8, 4) is 0 Å². The molecule has 0 aliphatic carbocycles. The Morgan fingerprint density at radius 1 is 0.765 bits per heavy atom. The van der Waals surface area contributed by atoms with Crippen molar-refractivity contribution >= 4 is 41.5 Å². The average Bonchev–Trinajstić information content (AvgIpc) is 3.55. The summed E-state index contributed by atoms with van der Waals surface area (Å²) in [5, 5.41) is 41.5. The highest BCUT2D eigenvalue weighted by molar-refractivity contribution is 5.96. The molecule has 1 aromatic rings. The molecule has 13 N–H and O–H groups in total. The lowest BCUT2D eigenvalue weighted by Gasteiger charge is -2.28. The number of hydrogen-bond donors (Lipinski definition) is 11. The van der Waals surface area contributed by atoms with Gasteiger partial charge in [-0.15, -0.1) is 0 Å². The maximum Gasteiger partial charge on any atom is 0.326 e. The van der Waals surface area contributed by atoms with Crippen LogP contribution in [0.4, 0.5) is 0 Å². The van der Waals surface area contributed by atoms with Crippen molar-refractivity contribution in [1.82, 2.24) is 36.6 Å². The molecular weight excluding hydrogens is 670 g/mol. The molecule has 19 heteroatoms. The van der Waals surface area contributed by atoms with Crippen molar-refractivity contribution in [3.05, 3.63) is 18.2 Å². The molecule has 1 rings (SSSR count). The molecule has 1 heterocycles. The van der Waals surface area contributed by atoms with E-state index in [9.17, 15) is 48.9 Å². The minimum atomic E-state index is -1.59. The van der Waals surface area contributed by atoms with Gasteiger partial charge in [-0.25, -0.2) is 9.78 Å². The van der Waals surface area contributed by atoms with Crippen LogP contribution in [-0.4, -0.2) is 116 Å². The fourth-order valence-corrected chi connectivity index (χ4v) is 4.97. The number of carboxylic acids is 2. The van der Waals surface area contributed by atoms with E-state index < -0.39 is 103 Å². The number of H-pyrrole nitrogens is 1. The molecule has 0 bridgehead atoms. The first kappa shape index (κ1) is 44.4. The predicted molar refractivity (Wildman–Crippen MR) is 183 cm³/mol. The number of aromatic amines is 1. The lowest BCUT2D eigenvalue weighted by atomic mass is 9.99. The number of aromatic nitrogens is 2. The number of carbonyl (C=O) groups excluding carboxylic acids is 5. The van der Waals surface area contributed by atoms with Gasteiger partial charge in [0.15, 0.2) is 0 Å². The van der Waals surface area contributed by atoms with Gasteiger partial charge in [0.2, 0.25) is 29.5 Å². The predicted octanol–water partition coefficient (Wildman–Crippen LogP) is -2.14. The third kappa shape index (κ3) is 16.3. The summed E-state index contributed by atoms with van der Waals surface area (Å²) in [7, 11) is 0. The van der Waals surface area contributed by atoms with Crippen molar-refractivity contribution in [2.45, 2.75) is 122 Å². The summed E-state index contributed by atoms with van der Waals surface area (Å²) in [5.74, 6) is -7.36. The van der Waals surface area contributed by atoms with Crippen molar-refractivity contribution in [3.63, 3.8) is 0 Å². The Morgan fingerprint density at radius 2 is 1.31 bits per heavy atom. The number of nitrogens with zero attached hydrogens (tertiary/aromatic N) is 1. The van der Waals surface area contributed by atoms with Crippen molar-refractivity contribution in [2.75, 3.05) is 6.54 Å². The van der Waals surface area contributed by atoms with Crippen molar-refractivity contribution in [1.29, 1.82) is 0 Å². The van der Waals surface area contributed by atoms with E-state index >= 15 is 0 Å². The van der Waals surface area contributed by atoms with E-state index in [1.165, 1.54) is 19.4 Å². The SMILES string of the molecule is CC(C)C[C@H](NC(=O)[C@H](CCCCN)NC(=O)[C@H](CCC(=O)O)NC(=O)[C@@H](NC(=O)[C@@H](N)Cc1cnc[nH]1)[C@@H](C)O)C(=O)N[C@H](C(=O)O)C(C)C. The maximum absolute atomic E-state index is 13.6. The van der Waals surface area contributed by atoms with Crippen LogP contribution < -0.4 is 38.1 Å². The summed E-state index contributed by atoms with van der Waals surface area (Å²) in [6.07, 6.45) is 1.46. The normalized spacial score (nSPS) is 15.4. The molecule has 288 valence electrons. The topological polar surface area (TPSA) is 321 Å². The quantitative estimate of drug-likeness (QED) is 0.0508. The van der Waals surface area contributed by atoms with Gasteiger partial charge in [0, 0.05) is 24.7 Å². The summed E-state index contributed by atoms with van der Waals surface area (Å²) < 4.78 is 0. The number of aliphatic hydroxyl groups excluding tert-OH is 1. The second-order valence-corrected chi connectivity index (χ2v) is 13.2. The Bertz CT molecular complexity index is 1310. The van der Waals surface area contributed by atoms with Crippen LogP contribution in [0.3, 0.4) is 0 Å². The second-order valence-electron chi connectivity index (χ2n) is 13.2. The van der Waals surface area contributed by atoms with Gasteiger partial charge in [-0.1, -0.05) is 27.7 Å². The molecule has 51 heavy (non-hydrogen) atoms. The van der Waals surface area contributed by atoms with Crippen LogP contribution in [0.25, 0.3) is 0 Å². The fraction of sp³-hybridized carbons (Fsp3) is 0.688. The lowest BCUT2D eigenvalue weighted by Crippen LogP contribution is -2.61. The third-order valence-electron chi connectivity index (χ3n) is 7.82. The first-order valence-electron chi connectivity index (χ1n) is 16.9. The fourth-order valence-electron chi connectivity index (χ4n) is 4.97. The van der Waals surface area contributed by atoms with Crippen molar-refractivity contribution in [2.24, 2.45) is 23.3 Å². The number of aliphatic carboxylic acids is 2. The van der Waals surface area contributed by atoms with Crippen LogP contribution in [0.15, 0.2) is 12.5 Å². The summed E-state index contributed by atoms with van der Waals surface area (Å²) in [6.45, 7) is 8.34. The Morgan fingerprint density at radius 3 is 1.80 bits per heavy atom. The molecule has 0 aromatic carbocycles. The van der Waals surface area contributed by atoms with E-state index in [2.05, 4.69) is 36.6 Å². The van der Waals surface area contributed by atoms with Crippen LogP contribution >= 0.6 is 0 Å². The molecule has 0 saturated heterocycles. The van der Waals surface area contributed by atoms with Crippen LogP contribution in [0, 0.1) is 11.8 Å². The molecule has 0 aliphatic rings. The number of hydrogen-bond acceptors (Lipinski definition) is 11. The molecule has 0 unspecified atom stereocenters. The number of unbranched alkanes of at least 4 members (excludes halogenated alkanes) is 1. The largest absolute Gasteiger partial charge is 0.481 e. The van der Waals surface area contributed by atoms with Crippen LogP contribution in [-0.2, 0) is 40.0 Å². The third-order valence-corrected chi connectivity index (χ3v) is 7.82. The zero-order chi connectivity index (χ0) is 38.8. The van der Waals surface area contributed by atoms with Crippen molar-refractivity contribution < 1.29 is 48.9 Å². The molecule has 0 aliphatic heterocycles. The van der Waals surface area contributed by atoms with Gasteiger partial charge in [0.05, 0.1) is 18.5 Å². The summed E-state index contributed by atoms with van der Waals surface area (Å²) >= 11 is 0. The second kappa shape index (κ2) is 22.3. The van der Waals surface area contributed by atoms with E-state index in [0.29, 0.717) is 18.5 Å². The highest BCUT2D eigenvalue weighted by Gasteiger charge is 2.34. The average molecular weight is 726 g/mol. The number of nitrogens with two attached hydrogens (primary N) is 2. The van der Waals surface area contributed by atoms with Gasteiger partial charge >= 0.3 is 11.9 Å². The molecule has 0 radical (unpaired) electrons. The van der Waals surface area contributed by atoms with E-state index in [-0.39, 0.29) is 31.7 Å². The molecular formula is C32H55N9O10. The Hall–Kier alpha value is -4.62. The van der Waals surface area contributed by atoms with Gasteiger partial charge < -0.3 is 58.4 Å². The first-order chi connectivity index (χ1) is 23.9. The lowest BCUT2D eigenvalue weighted by molar-refractivity contribution is -0.143. The number of carboxylic acid groups (broad SMARTS) is 2. The van der Waals surface area contributed by atoms with E-state index in [0.717, 1.165) is 0 Å². The Kier molecular flexibility index (Phi) is 19.4. The highest BCUT2D eigenvalue weighted by Crippen LogP contribution is 2.11. The van der Waals surface area contributed by atoms with Gasteiger partial charge in [-0.3, -0.25) is 28.8 Å². The molecule has 19 nitrogen and oxygen atoms in total. The van der Waals surface area contributed by atoms with Crippen LogP contribution in [0.5, 0.6) is 0 Å². The monoisotopic (exact) mass is 725 g/mol. The highest BCUT2D eigenvalue weighted by atomic mass is 16.4. The molecule has 1 aromatic heterocycles. The maximum atomic E-state index is 13.6. The zero-order valence-electron chi connectivity index (χ0n) is 29.8. The number of carbonyl (C=O) groups is 7. The van der Waals surface area contributed by atoms with Gasteiger partial charge in [0.25, 0.3) is 0 Å². The van der Waals surface area contributed by atoms with E-state index in [1.807, 2.05) is 0 Å². The molecule has 7 atom stereocenters. The number of nitrogens with one attached hydrogen (secondary N) is 6. The number of imidazole rings is 1. The standard InChI is InChI=1S/C32H55N9O10/c1-16(2)12-23(30(48)40-25(17(3)4)32(50)51)39-28(46)21(8-6-7-11-33)37-29(47)22(9-10-24(43)44)38-31(49)26(18(5)42)41-27(45)20(34)13-19-14-35-15-36-19/h14-18,20-23,25-26,42H,6-13,33-34H2,1-5H3,(H,35,36)(H,37,47)(H,38,49)(H,39,46)(H,40,48)(H,41,45)(H,43,44)(H,50,51)/t18-,20+,21+,22+,23+,25+,26+/m1/s1. The molecule has 0 spiro atoms. The van der Waals surface area contributed by atoms with Crippen LogP contribution in [0.2, 0.25) is 0 Å². The minimum Gasteiger partial charge on any atom is -0.481 e. The zero-order valence-corrected chi connectivity index (χ0v) is 29.8. The summed E-state index contributed by atoms with van der Waals surface area (Å²) in [4.78, 5) is 96.2. The van der Waals surface area contributed by atoms with Gasteiger partial charge in [0.1, 0.15) is 30.2 Å². The summed E-state index contributed by atoms with van der Waals surface area (Å²) in [5.41, 5.74) is 12.1. The van der Waals surface area contributed by atoms with Crippen LogP contribution in [0.1, 0.15) is 78.8 Å². The van der Waals surface area contributed by atoms with E-state index in [4.69, 9.17) is 11.5 Å².